The summed E-state index contributed by atoms with van der Waals surface area (Å²) in [6.45, 7) is 0.227. The van der Waals surface area contributed by atoms with E-state index in [0.717, 1.165) is 12.0 Å². The summed E-state index contributed by atoms with van der Waals surface area (Å²) < 4.78 is 0. The third-order valence-corrected chi connectivity index (χ3v) is 2.90. The fourth-order valence-electron chi connectivity index (χ4n) is 1.98. The summed E-state index contributed by atoms with van der Waals surface area (Å²) in [5.74, 6) is -0.138. The van der Waals surface area contributed by atoms with Crippen molar-refractivity contribution in [3.05, 3.63) is 71.3 Å². The van der Waals surface area contributed by atoms with Gasteiger partial charge in [-0.3, -0.25) is 4.79 Å². The van der Waals surface area contributed by atoms with Gasteiger partial charge in [0.15, 0.2) is 0 Å². The van der Waals surface area contributed by atoms with Gasteiger partial charge in [-0.15, -0.1) is 0 Å². The first-order valence-electron chi connectivity index (χ1n) is 6.32. The highest BCUT2D eigenvalue weighted by Gasteiger charge is 2.10. The maximum Gasteiger partial charge on any atom is 0.251 e. The van der Waals surface area contributed by atoms with E-state index in [1.807, 2.05) is 54.6 Å². The molecule has 1 amide bonds. The second kappa shape index (κ2) is 6.71. The molecule has 2 aromatic rings. The summed E-state index contributed by atoms with van der Waals surface area (Å²) in [5, 5.41) is 11.4. The standard InChI is InChI=1S/C16H17NO2/c18-11-10-17-16(19)15-9-5-4-8-14(15)12-13-6-2-1-3-7-13/h1-9,18H,10-12H2,(H,17,19). The molecule has 19 heavy (non-hydrogen) atoms. The number of carbonyl (C=O) groups is 1. The second-order valence-electron chi connectivity index (χ2n) is 4.30. The van der Waals surface area contributed by atoms with Crippen LogP contribution in [0.4, 0.5) is 0 Å². The molecule has 0 saturated heterocycles. The molecule has 98 valence electrons. The van der Waals surface area contributed by atoms with E-state index in [9.17, 15) is 4.79 Å². The molecule has 2 rings (SSSR count). The van der Waals surface area contributed by atoms with E-state index in [1.165, 1.54) is 5.56 Å². The quantitative estimate of drug-likeness (QED) is 0.858. The Kier molecular flexibility index (Phi) is 4.70. The second-order valence-corrected chi connectivity index (χ2v) is 4.30. The Morgan fingerprint density at radius 1 is 1.00 bits per heavy atom. The Balaban J connectivity index is 2.19. The molecular weight excluding hydrogens is 238 g/mol. The molecule has 2 aromatic carbocycles. The summed E-state index contributed by atoms with van der Waals surface area (Å²) in [6, 6.07) is 17.6. The van der Waals surface area contributed by atoms with Crippen LogP contribution in [-0.4, -0.2) is 24.2 Å². The fourth-order valence-corrected chi connectivity index (χ4v) is 1.98. The van der Waals surface area contributed by atoms with Crippen LogP contribution in [-0.2, 0) is 6.42 Å². The molecule has 0 fully saturated rings. The lowest BCUT2D eigenvalue weighted by Crippen LogP contribution is -2.27. The Hall–Kier alpha value is -2.13. The Bertz CT molecular complexity index is 537. The zero-order chi connectivity index (χ0) is 13.5. The van der Waals surface area contributed by atoms with E-state index in [0.29, 0.717) is 5.56 Å². The van der Waals surface area contributed by atoms with E-state index in [2.05, 4.69) is 5.32 Å². The number of rotatable bonds is 5. The van der Waals surface area contributed by atoms with Crippen LogP contribution in [0.2, 0.25) is 0 Å². The molecule has 0 heterocycles. The molecule has 0 unspecified atom stereocenters. The molecule has 0 atom stereocenters. The summed E-state index contributed by atoms with van der Waals surface area (Å²) >= 11 is 0. The van der Waals surface area contributed by atoms with Crippen LogP contribution >= 0.6 is 0 Å². The Morgan fingerprint density at radius 3 is 2.42 bits per heavy atom. The van der Waals surface area contributed by atoms with Gasteiger partial charge in [-0.2, -0.15) is 0 Å². The molecule has 0 aliphatic rings. The maximum absolute atomic E-state index is 12.0. The van der Waals surface area contributed by atoms with Crippen molar-refractivity contribution in [2.45, 2.75) is 6.42 Å². The van der Waals surface area contributed by atoms with Crippen molar-refractivity contribution in [2.24, 2.45) is 0 Å². The van der Waals surface area contributed by atoms with Gasteiger partial charge in [-0.25, -0.2) is 0 Å². The largest absolute Gasteiger partial charge is 0.395 e. The number of hydrogen-bond donors (Lipinski definition) is 2. The zero-order valence-corrected chi connectivity index (χ0v) is 10.7. The topological polar surface area (TPSA) is 49.3 Å². The monoisotopic (exact) mass is 255 g/mol. The van der Waals surface area contributed by atoms with Crippen LogP contribution in [0, 0.1) is 0 Å². The minimum absolute atomic E-state index is 0.0490. The van der Waals surface area contributed by atoms with Crippen molar-refractivity contribution in [3.8, 4) is 0 Å². The van der Waals surface area contributed by atoms with Gasteiger partial charge in [0.2, 0.25) is 0 Å². The van der Waals surface area contributed by atoms with Crippen molar-refractivity contribution in [1.82, 2.24) is 5.32 Å². The lowest BCUT2D eigenvalue weighted by molar-refractivity contribution is 0.0944. The van der Waals surface area contributed by atoms with Gasteiger partial charge in [0.25, 0.3) is 5.91 Å². The Labute approximate surface area is 112 Å². The van der Waals surface area contributed by atoms with E-state index in [4.69, 9.17) is 5.11 Å². The van der Waals surface area contributed by atoms with Crippen LogP contribution in [0.5, 0.6) is 0 Å². The van der Waals surface area contributed by atoms with E-state index >= 15 is 0 Å². The highest BCUT2D eigenvalue weighted by Crippen LogP contribution is 2.14. The average molecular weight is 255 g/mol. The lowest BCUT2D eigenvalue weighted by Gasteiger charge is -2.09. The van der Waals surface area contributed by atoms with Crippen molar-refractivity contribution in [2.75, 3.05) is 13.2 Å². The number of amides is 1. The molecular formula is C16H17NO2. The van der Waals surface area contributed by atoms with Crippen LogP contribution in [0.1, 0.15) is 21.5 Å². The molecule has 0 saturated carbocycles. The van der Waals surface area contributed by atoms with Gasteiger partial charge in [-0.1, -0.05) is 48.5 Å². The molecule has 0 spiro atoms. The first-order chi connectivity index (χ1) is 9.31. The third kappa shape index (κ3) is 3.66. The number of hydrogen-bond acceptors (Lipinski definition) is 2. The summed E-state index contributed by atoms with van der Waals surface area (Å²) in [7, 11) is 0. The van der Waals surface area contributed by atoms with Gasteiger partial charge in [0, 0.05) is 12.1 Å². The van der Waals surface area contributed by atoms with Gasteiger partial charge in [-0.05, 0) is 23.6 Å². The normalized spacial score (nSPS) is 10.2. The molecule has 0 radical (unpaired) electrons. The number of nitrogens with one attached hydrogen (secondary N) is 1. The van der Waals surface area contributed by atoms with Gasteiger partial charge >= 0.3 is 0 Å². The van der Waals surface area contributed by atoms with Gasteiger partial charge in [0.05, 0.1) is 6.61 Å². The predicted octanol–water partition coefficient (Wildman–Crippen LogP) is 2.00. The van der Waals surface area contributed by atoms with Crippen molar-refractivity contribution in [1.29, 1.82) is 0 Å². The SMILES string of the molecule is O=C(NCCO)c1ccccc1Cc1ccccc1. The molecule has 0 bridgehead atoms. The van der Waals surface area contributed by atoms with Crippen molar-refractivity contribution in [3.63, 3.8) is 0 Å². The number of carbonyl (C=O) groups excluding carboxylic acids is 1. The van der Waals surface area contributed by atoms with Crippen LogP contribution in [0.15, 0.2) is 54.6 Å². The number of aliphatic hydroxyl groups excluding tert-OH is 1. The summed E-state index contributed by atoms with van der Waals surface area (Å²) in [5.41, 5.74) is 2.83. The third-order valence-electron chi connectivity index (χ3n) is 2.90. The molecule has 0 aliphatic heterocycles. The highest BCUT2D eigenvalue weighted by atomic mass is 16.3. The lowest BCUT2D eigenvalue weighted by atomic mass is 9.99. The zero-order valence-electron chi connectivity index (χ0n) is 10.7. The van der Waals surface area contributed by atoms with E-state index in [-0.39, 0.29) is 19.1 Å². The van der Waals surface area contributed by atoms with E-state index in [1.54, 1.807) is 0 Å². The molecule has 3 nitrogen and oxygen atoms in total. The fraction of sp³-hybridized carbons (Fsp3) is 0.188. The molecule has 0 aliphatic carbocycles. The van der Waals surface area contributed by atoms with Crippen molar-refractivity contribution >= 4 is 5.91 Å². The van der Waals surface area contributed by atoms with Crippen molar-refractivity contribution < 1.29 is 9.90 Å². The Morgan fingerprint density at radius 2 is 1.68 bits per heavy atom. The minimum Gasteiger partial charge on any atom is -0.395 e. The predicted molar refractivity (Wildman–Crippen MR) is 75.1 cm³/mol. The number of aliphatic hydroxyl groups is 1. The molecule has 3 heteroatoms. The minimum atomic E-state index is -0.138. The smallest absolute Gasteiger partial charge is 0.251 e. The van der Waals surface area contributed by atoms with Gasteiger partial charge < -0.3 is 10.4 Å². The van der Waals surface area contributed by atoms with Crippen LogP contribution in [0.3, 0.4) is 0 Å². The van der Waals surface area contributed by atoms with Crippen LogP contribution in [0.25, 0.3) is 0 Å². The highest BCUT2D eigenvalue weighted by molar-refractivity contribution is 5.95. The first-order valence-corrected chi connectivity index (χ1v) is 6.32. The molecule has 2 N–H and O–H groups in total. The summed E-state index contributed by atoms with van der Waals surface area (Å²) in [4.78, 5) is 12.0. The van der Waals surface area contributed by atoms with E-state index < -0.39 is 0 Å². The first kappa shape index (κ1) is 13.3. The number of benzene rings is 2. The van der Waals surface area contributed by atoms with Gasteiger partial charge in [0.1, 0.15) is 0 Å². The molecule has 0 aromatic heterocycles. The summed E-state index contributed by atoms with van der Waals surface area (Å²) in [6.07, 6.45) is 0.726. The maximum atomic E-state index is 12.0. The van der Waals surface area contributed by atoms with Crippen LogP contribution < -0.4 is 5.32 Å². The average Bonchev–Trinajstić information content (AvgIpc) is 2.46.